The van der Waals surface area contributed by atoms with Gasteiger partial charge in [-0.3, -0.25) is 4.79 Å². The van der Waals surface area contributed by atoms with Gasteiger partial charge >= 0.3 is 11.9 Å². The van der Waals surface area contributed by atoms with Crippen LogP contribution in [-0.2, 0) is 23.2 Å². The zero-order valence-electron chi connectivity index (χ0n) is 34.5. The van der Waals surface area contributed by atoms with Crippen molar-refractivity contribution in [3.63, 3.8) is 0 Å². The first-order valence-corrected chi connectivity index (χ1v) is 20.5. The highest BCUT2D eigenvalue weighted by atomic mass is 32.2. The summed E-state index contributed by atoms with van der Waals surface area (Å²) in [4.78, 5) is 23.4. The van der Waals surface area contributed by atoms with Crippen LogP contribution in [0.25, 0.3) is 22.3 Å². The van der Waals surface area contributed by atoms with Crippen molar-refractivity contribution >= 4 is 21.9 Å². The van der Waals surface area contributed by atoms with Gasteiger partial charge in [-0.05, 0) is 134 Å². The maximum Gasteiger partial charge on any atom is 0.371 e. The van der Waals surface area contributed by atoms with Gasteiger partial charge in [0.25, 0.3) is 10.0 Å². The minimum atomic E-state index is -4.00. The molecule has 12 nitrogen and oxygen atoms in total. The third kappa shape index (κ3) is 10.9. The van der Waals surface area contributed by atoms with E-state index in [-0.39, 0.29) is 29.6 Å². The number of sulfonamides is 1. The number of benzene rings is 5. The van der Waals surface area contributed by atoms with Gasteiger partial charge in [0.05, 0.1) is 19.1 Å². The molecular formula is C48H45NO11S. The Kier molecular flexibility index (Phi) is 13.6. The molecule has 5 aromatic carbocycles. The van der Waals surface area contributed by atoms with Crippen molar-refractivity contribution in [3.8, 4) is 45.3 Å². The number of hydrogen-bond acceptors (Lipinski definition) is 10. The fourth-order valence-electron chi connectivity index (χ4n) is 6.33. The van der Waals surface area contributed by atoms with Gasteiger partial charge in [-0.1, -0.05) is 54.6 Å². The van der Waals surface area contributed by atoms with Crippen molar-refractivity contribution in [1.29, 1.82) is 0 Å². The summed E-state index contributed by atoms with van der Waals surface area (Å²) in [6.45, 7) is 7.91. The fraction of sp³-hybridized carbons (Fsp3) is 0.167. The topological polar surface area (TPSA) is 164 Å². The summed E-state index contributed by atoms with van der Waals surface area (Å²) >= 11 is 0. The lowest BCUT2D eigenvalue weighted by Crippen LogP contribution is -2.30. The van der Waals surface area contributed by atoms with Crippen LogP contribution in [0.4, 0.5) is 0 Å². The van der Waals surface area contributed by atoms with Gasteiger partial charge in [0.1, 0.15) is 47.7 Å². The first kappa shape index (κ1) is 43.3. The van der Waals surface area contributed by atoms with Crippen molar-refractivity contribution < 1.29 is 50.9 Å². The lowest BCUT2D eigenvalue weighted by Gasteiger charge is -2.10. The number of furan rings is 2. The molecule has 2 N–H and O–H groups in total. The highest BCUT2D eigenvalue weighted by Gasteiger charge is 2.22. The molecule has 0 radical (unpaired) electrons. The second-order valence-electron chi connectivity index (χ2n) is 13.9. The average molecular weight is 844 g/mol. The lowest BCUT2D eigenvalue weighted by molar-refractivity contribution is 0.0660. The lowest BCUT2D eigenvalue weighted by atomic mass is 10.0. The van der Waals surface area contributed by atoms with E-state index in [2.05, 4.69) is 0 Å². The van der Waals surface area contributed by atoms with Crippen molar-refractivity contribution in [1.82, 2.24) is 4.72 Å². The summed E-state index contributed by atoms with van der Waals surface area (Å²) in [5.74, 6) is 1.91. The van der Waals surface area contributed by atoms with E-state index in [1.165, 1.54) is 24.3 Å². The van der Waals surface area contributed by atoms with Gasteiger partial charge in [-0.15, -0.1) is 0 Å². The van der Waals surface area contributed by atoms with E-state index in [9.17, 15) is 18.0 Å². The summed E-state index contributed by atoms with van der Waals surface area (Å²) < 4.78 is 59.6. The van der Waals surface area contributed by atoms with Crippen LogP contribution in [0.5, 0.6) is 23.0 Å². The maximum absolute atomic E-state index is 12.5. The number of aromatic carboxylic acids is 1. The zero-order valence-corrected chi connectivity index (χ0v) is 35.3. The highest BCUT2D eigenvalue weighted by molar-refractivity contribution is 7.90. The molecule has 0 fully saturated rings. The number of aryl methyl sites for hydroxylation is 4. The molecule has 7 rings (SSSR count). The van der Waals surface area contributed by atoms with Gasteiger partial charge < -0.3 is 32.9 Å². The number of carboxylic acids is 1. The SMILES string of the molecule is COc1ccc(-c2ccc(OCc3cc(C(=O)NS(=O)(=O)c4ccccc4)oc3C)cc2)c(C)c1.COc1ccc(-c2ccc(OCc3cc(C(=O)O)oc3C)cc2)c(C)c1. The van der Waals surface area contributed by atoms with Crippen LogP contribution in [0.2, 0.25) is 0 Å². The van der Waals surface area contributed by atoms with Crippen molar-refractivity contribution in [2.75, 3.05) is 14.2 Å². The molecule has 2 aromatic heterocycles. The normalized spacial score (nSPS) is 10.9. The number of hydrogen-bond donors (Lipinski definition) is 2. The second-order valence-corrected chi connectivity index (χ2v) is 15.6. The van der Waals surface area contributed by atoms with Gasteiger partial charge in [0.2, 0.25) is 5.76 Å². The quantitative estimate of drug-likeness (QED) is 0.107. The van der Waals surface area contributed by atoms with E-state index in [0.717, 1.165) is 50.4 Å². The van der Waals surface area contributed by atoms with E-state index >= 15 is 0 Å². The first-order valence-electron chi connectivity index (χ1n) is 19.0. The van der Waals surface area contributed by atoms with Crippen LogP contribution >= 0.6 is 0 Å². The fourth-order valence-corrected chi connectivity index (χ4v) is 7.31. The first-order chi connectivity index (χ1) is 29.2. The molecule has 0 atom stereocenters. The second kappa shape index (κ2) is 19.2. The van der Waals surface area contributed by atoms with Crippen molar-refractivity contribution in [2.45, 2.75) is 45.8 Å². The zero-order chi connectivity index (χ0) is 43.7. The Balaban J connectivity index is 0.000000213. The summed E-state index contributed by atoms with van der Waals surface area (Å²) in [5, 5.41) is 8.96. The Morgan fingerprint density at radius 1 is 0.574 bits per heavy atom. The average Bonchev–Trinajstić information content (AvgIpc) is 3.84. The summed E-state index contributed by atoms with van der Waals surface area (Å²) in [5.41, 5.74) is 7.97. The number of carbonyl (C=O) groups is 2. The van der Waals surface area contributed by atoms with E-state index in [1.54, 1.807) is 46.3 Å². The maximum atomic E-state index is 12.5. The number of methoxy groups -OCH3 is 2. The summed E-state index contributed by atoms with van der Waals surface area (Å²) in [6, 6.07) is 38.0. The molecule has 0 aliphatic heterocycles. The van der Waals surface area contributed by atoms with Crippen LogP contribution in [0, 0.1) is 27.7 Å². The Hall–Kier alpha value is -7.25. The minimum absolute atomic E-state index is 0.00605. The molecule has 0 bridgehead atoms. The number of carboxylic acid groups (broad SMARTS) is 1. The number of ether oxygens (including phenoxy) is 4. The predicted molar refractivity (Wildman–Crippen MR) is 230 cm³/mol. The molecule has 0 aliphatic carbocycles. The van der Waals surface area contributed by atoms with Crippen molar-refractivity contribution in [3.05, 3.63) is 173 Å². The molecule has 0 saturated heterocycles. The monoisotopic (exact) mass is 843 g/mol. The minimum Gasteiger partial charge on any atom is -0.497 e. The predicted octanol–water partition coefficient (Wildman–Crippen LogP) is 10.1. The highest BCUT2D eigenvalue weighted by Crippen LogP contribution is 2.30. The Morgan fingerprint density at radius 3 is 1.41 bits per heavy atom. The molecule has 13 heteroatoms. The molecule has 314 valence electrons. The van der Waals surface area contributed by atoms with Crippen LogP contribution in [0.1, 0.15) is 54.9 Å². The molecular weight excluding hydrogens is 799 g/mol. The largest absolute Gasteiger partial charge is 0.497 e. The molecule has 1 amide bonds. The van der Waals surface area contributed by atoms with Crippen LogP contribution in [0.3, 0.4) is 0 Å². The third-order valence-corrected chi connectivity index (χ3v) is 11.1. The molecule has 0 saturated carbocycles. The number of rotatable bonds is 14. The number of carbonyl (C=O) groups excluding carboxylic acids is 1. The molecule has 7 aromatic rings. The van der Waals surface area contributed by atoms with Crippen LogP contribution in [0.15, 0.2) is 141 Å². The Morgan fingerprint density at radius 2 is 1.00 bits per heavy atom. The van der Waals surface area contributed by atoms with Gasteiger partial charge in [-0.25, -0.2) is 17.9 Å². The molecule has 0 spiro atoms. The summed E-state index contributed by atoms with van der Waals surface area (Å²) in [7, 11) is -0.701. The van der Waals surface area contributed by atoms with E-state index in [0.29, 0.717) is 28.6 Å². The van der Waals surface area contributed by atoms with Gasteiger partial charge in [0, 0.05) is 11.1 Å². The van der Waals surface area contributed by atoms with Crippen LogP contribution < -0.4 is 23.7 Å². The third-order valence-electron chi connectivity index (χ3n) is 9.74. The molecule has 61 heavy (non-hydrogen) atoms. The summed E-state index contributed by atoms with van der Waals surface area (Å²) in [6.07, 6.45) is 0. The standard InChI is InChI=1S/C27H25NO6S.C21H20O5/c1-18-15-23(32-3)13-14-25(18)20-9-11-22(12-10-20)33-17-21-16-26(34-19(21)2)27(29)28-35(30,31)24-7-5-4-6-8-24;1-13-10-18(24-3)8-9-19(13)15-4-6-17(7-5-15)25-12-16-11-20(21(22)23)26-14(16)2/h4-16H,17H2,1-3H3,(H,28,29);4-11H,12H2,1-3H3,(H,22,23). The van der Waals surface area contributed by atoms with Crippen molar-refractivity contribution in [2.24, 2.45) is 0 Å². The molecule has 2 heterocycles. The number of amides is 1. The van der Waals surface area contributed by atoms with E-state index in [1.807, 2.05) is 103 Å². The number of nitrogens with one attached hydrogen (secondary N) is 1. The Labute approximate surface area is 354 Å². The smallest absolute Gasteiger partial charge is 0.371 e. The van der Waals surface area contributed by atoms with E-state index < -0.39 is 21.9 Å². The molecule has 0 unspecified atom stereocenters. The Bertz CT molecular complexity index is 2740. The van der Waals surface area contributed by atoms with E-state index in [4.69, 9.17) is 32.9 Å². The van der Waals surface area contributed by atoms with Crippen LogP contribution in [-0.4, -0.2) is 39.6 Å². The van der Waals surface area contributed by atoms with Gasteiger partial charge in [-0.2, -0.15) is 0 Å². The molecule has 0 aliphatic rings. The van der Waals surface area contributed by atoms with Gasteiger partial charge in [0.15, 0.2) is 5.76 Å².